The standard InChI is InChI=1S/C12H24N2O.ClH/c1-9-4-3-5-11(8-9)14-12(15)7-6-10(2)13;/h9-11H,3-8,13H2,1-2H3,(H,14,15);1H. The Morgan fingerprint density at radius 2 is 2.19 bits per heavy atom. The Kier molecular flexibility index (Phi) is 7.77. The molecule has 3 atom stereocenters. The van der Waals surface area contributed by atoms with Gasteiger partial charge in [-0.3, -0.25) is 4.79 Å². The summed E-state index contributed by atoms with van der Waals surface area (Å²) >= 11 is 0. The maximum absolute atomic E-state index is 11.6. The Morgan fingerprint density at radius 1 is 1.50 bits per heavy atom. The summed E-state index contributed by atoms with van der Waals surface area (Å²) in [6, 6.07) is 0.537. The van der Waals surface area contributed by atoms with Crippen molar-refractivity contribution in [1.82, 2.24) is 5.32 Å². The molecule has 0 heterocycles. The van der Waals surface area contributed by atoms with Crippen molar-refractivity contribution < 1.29 is 4.79 Å². The van der Waals surface area contributed by atoms with Gasteiger partial charge >= 0.3 is 0 Å². The molecule has 0 bridgehead atoms. The molecule has 1 amide bonds. The molecule has 0 aromatic heterocycles. The molecule has 3 N–H and O–H groups in total. The first-order valence-corrected chi connectivity index (χ1v) is 6.13. The second kappa shape index (κ2) is 7.91. The summed E-state index contributed by atoms with van der Waals surface area (Å²) in [5, 5.41) is 3.11. The van der Waals surface area contributed by atoms with E-state index in [1.807, 2.05) is 6.92 Å². The molecule has 1 aliphatic rings. The Morgan fingerprint density at radius 3 is 2.75 bits per heavy atom. The molecule has 0 aromatic carbocycles. The van der Waals surface area contributed by atoms with E-state index in [9.17, 15) is 4.79 Å². The summed E-state index contributed by atoms with van der Waals surface area (Å²) in [6.45, 7) is 4.20. The predicted molar refractivity (Wildman–Crippen MR) is 69.7 cm³/mol. The first-order valence-electron chi connectivity index (χ1n) is 6.13. The largest absolute Gasteiger partial charge is 0.353 e. The fraction of sp³-hybridized carbons (Fsp3) is 0.917. The van der Waals surface area contributed by atoms with Gasteiger partial charge in [-0.05, 0) is 32.1 Å². The van der Waals surface area contributed by atoms with Crippen LogP contribution in [0.15, 0.2) is 0 Å². The SMILES string of the molecule is CC(N)CCC(=O)NC1CCCC(C)C1.Cl. The van der Waals surface area contributed by atoms with Gasteiger partial charge in [0.05, 0.1) is 0 Å². The number of hydrogen-bond acceptors (Lipinski definition) is 2. The lowest BCUT2D eigenvalue weighted by molar-refractivity contribution is -0.122. The predicted octanol–water partition coefficient (Wildman–Crippen LogP) is 2.23. The summed E-state index contributed by atoms with van der Waals surface area (Å²) < 4.78 is 0. The average Bonchev–Trinajstić information content (AvgIpc) is 2.15. The molecule has 0 spiro atoms. The van der Waals surface area contributed by atoms with Crippen LogP contribution in [0.3, 0.4) is 0 Å². The van der Waals surface area contributed by atoms with E-state index in [2.05, 4.69) is 12.2 Å². The summed E-state index contributed by atoms with van der Waals surface area (Å²) in [7, 11) is 0. The molecule has 1 rings (SSSR count). The van der Waals surface area contributed by atoms with Gasteiger partial charge in [-0.25, -0.2) is 0 Å². The van der Waals surface area contributed by atoms with E-state index >= 15 is 0 Å². The first kappa shape index (κ1) is 15.7. The van der Waals surface area contributed by atoms with Gasteiger partial charge in [0.1, 0.15) is 0 Å². The topological polar surface area (TPSA) is 55.1 Å². The van der Waals surface area contributed by atoms with Crippen molar-refractivity contribution in [3.63, 3.8) is 0 Å². The molecular formula is C12H25ClN2O. The Bertz CT molecular complexity index is 209. The van der Waals surface area contributed by atoms with E-state index in [1.165, 1.54) is 12.8 Å². The van der Waals surface area contributed by atoms with E-state index in [0.717, 1.165) is 25.2 Å². The molecule has 4 heteroatoms. The zero-order chi connectivity index (χ0) is 11.3. The fourth-order valence-electron chi connectivity index (χ4n) is 2.22. The lowest BCUT2D eigenvalue weighted by Gasteiger charge is -2.27. The Hall–Kier alpha value is -0.280. The average molecular weight is 249 g/mol. The highest BCUT2D eigenvalue weighted by molar-refractivity contribution is 5.85. The number of amides is 1. The number of carbonyl (C=O) groups excluding carboxylic acids is 1. The number of rotatable bonds is 4. The quantitative estimate of drug-likeness (QED) is 0.802. The number of halogens is 1. The minimum atomic E-state index is 0. The molecule has 1 fully saturated rings. The minimum absolute atomic E-state index is 0. The third-order valence-electron chi connectivity index (χ3n) is 3.13. The van der Waals surface area contributed by atoms with Crippen LogP contribution < -0.4 is 11.1 Å². The number of carbonyl (C=O) groups is 1. The molecule has 3 unspecified atom stereocenters. The fourth-order valence-corrected chi connectivity index (χ4v) is 2.22. The molecule has 1 saturated carbocycles. The maximum Gasteiger partial charge on any atom is 0.220 e. The summed E-state index contributed by atoms with van der Waals surface area (Å²) in [6.07, 6.45) is 6.21. The van der Waals surface area contributed by atoms with E-state index in [-0.39, 0.29) is 24.4 Å². The van der Waals surface area contributed by atoms with E-state index in [0.29, 0.717) is 12.5 Å². The van der Waals surface area contributed by atoms with Gasteiger partial charge in [0, 0.05) is 18.5 Å². The van der Waals surface area contributed by atoms with Gasteiger partial charge in [-0.2, -0.15) is 0 Å². The minimum Gasteiger partial charge on any atom is -0.353 e. The van der Waals surface area contributed by atoms with Crippen LogP contribution in [0.1, 0.15) is 52.4 Å². The molecule has 3 nitrogen and oxygen atoms in total. The molecule has 16 heavy (non-hydrogen) atoms. The monoisotopic (exact) mass is 248 g/mol. The highest BCUT2D eigenvalue weighted by Gasteiger charge is 2.20. The van der Waals surface area contributed by atoms with Crippen LogP contribution in [-0.4, -0.2) is 18.0 Å². The second-order valence-electron chi connectivity index (χ2n) is 5.05. The number of hydrogen-bond donors (Lipinski definition) is 2. The summed E-state index contributed by atoms with van der Waals surface area (Å²) in [4.78, 5) is 11.6. The molecule has 1 aliphatic carbocycles. The smallest absolute Gasteiger partial charge is 0.220 e. The van der Waals surface area contributed by atoms with Crippen molar-refractivity contribution in [3.8, 4) is 0 Å². The third kappa shape index (κ3) is 6.33. The van der Waals surface area contributed by atoms with Gasteiger partial charge < -0.3 is 11.1 Å². The van der Waals surface area contributed by atoms with Crippen molar-refractivity contribution in [1.29, 1.82) is 0 Å². The maximum atomic E-state index is 11.6. The normalized spacial score (nSPS) is 26.7. The van der Waals surface area contributed by atoms with Crippen molar-refractivity contribution >= 4 is 18.3 Å². The molecule has 96 valence electrons. The van der Waals surface area contributed by atoms with Crippen LogP contribution in [0.5, 0.6) is 0 Å². The van der Waals surface area contributed by atoms with Gasteiger partial charge in [-0.15, -0.1) is 12.4 Å². The van der Waals surface area contributed by atoms with Crippen LogP contribution >= 0.6 is 12.4 Å². The van der Waals surface area contributed by atoms with Crippen molar-refractivity contribution in [3.05, 3.63) is 0 Å². The molecule has 0 aliphatic heterocycles. The van der Waals surface area contributed by atoms with E-state index in [4.69, 9.17) is 5.73 Å². The lowest BCUT2D eigenvalue weighted by atomic mass is 9.87. The zero-order valence-electron chi connectivity index (χ0n) is 10.4. The number of nitrogens with one attached hydrogen (secondary N) is 1. The number of nitrogens with two attached hydrogens (primary N) is 1. The van der Waals surface area contributed by atoms with E-state index < -0.39 is 0 Å². The van der Waals surface area contributed by atoms with Crippen LogP contribution in [0.4, 0.5) is 0 Å². The second-order valence-corrected chi connectivity index (χ2v) is 5.05. The van der Waals surface area contributed by atoms with E-state index in [1.54, 1.807) is 0 Å². The van der Waals surface area contributed by atoms with Gasteiger partial charge in [-0.1, -0.05) is 19.8 Å². The first-order chi connectivity index (χ1) is 7.08. The molecule has 0 aromatic rings. The zero-order valence-corrected chi connectivity index (χ0v) is 11.2. The lowest BCUT2D eigenvalue weighted by Crippen LogP contribution is -2.38. The molecular weight excluding hydrogens is 224 g/mol. The Labute approximate surface area is 105 Å². The highest BCUT2D eigenvalue weighted by Crippen LogP contribution is 2.23. The van der Waals surface area contributed by atoms with Gasteiger partial charge in [0.2, 0.25) is 5.91 Å². The molecule has 0 radical (unpaired) electrons. The van der Waals surface area contributed by atoms with Crippen LogP contribution in [0, 0.1) is 5.92 Å². The van der Waals surface area contributed by atoms with Gasteiger partial charge in [0.15, 0.2) is 0 Å². The van der Waals surface area contributed by atoms with Crippen LogP contribution in [-0.2, 0) is 4.79 Å². The van der Waals surface area contributed by atoms with Crippen LogP contribution in [0.25, 0.3) is 0 Å². The summed E-state index contributed by atoms with van der Waals surface area (Å²) in [5.41, 5.74) is 5.62. The third-order valence-corrected chi connectivity index (χ3v) is 3.13. The van der Waals surface area contributed by atoms with Crippen molar-refractivity contribution in [2.75, 3.05) is 0 Å². The highest BCUT2D eigenvalue weighted by atomic mass is 35.5. The van der Waals surface area contributed by atoms with Gasteiger partial charge in [0.25, 0.3) is 0 Å². The van der Waals surface area contributed by atoms with Crippen molar-refractivity contribution in [2.24, 2.45) is 11.7 Å². The summed E-state index contributed by atoms with van der Waals surface area (Å²) in [5.74, 6) is 0.934. The molecule has 0 saturated heterocycles. The Balaban J connectivity index is 0.00000225. The van der Waals surface area contributed by atoms with Crippen molar-refractivity contribution in [2.45, 2.75) is 64.5 Å². The van der Waals surface area contributed by atoms with Crippen LogP contribution in [0.2, 0.25) is 0 Å².